The van der Waals surface area contributed by atoms with Gasteiger partial charge in [0, 0.05) is 17.9 Å². The first-order chi connectivity index (χ1) is 10.3. The fraction of sp³-hybridized carbons (Fsp3) is 0.353. The maximum Gasteiger partial charge on any atom is 0.145 e. The molecule has 4 rings (SSSR count). The molecule has 1 aromatic carbocycles. The number of hydrogen-bond acceptors (Lipinski definition) is 3. The van der Waals surface area contributed by atoms with Crippen LogP contribution in [0, 0.1) is 5.82 Å². The molecule has 2 unspecified atom stereocenters. The standard InChI is InChI=1S/C17H17FN2O/c1-21-13-5-2-11(3-6-13)20-12-4-7-17(20)15-9-19-10-16(18)14(15)8-12/h2-3,5-6,9-10,12,17H,4,7-8H2,1H3. The average Bonchev–Trinajstić information content (AvgIpc) is 2.84. The van der Waals surface area contributed by atoms with E-state index in [9.17, 15) is 4.39 Å². The SMILES string of the molecule is COc1ccc(N2C3CCC2c2cncc(F)c2C3)cc1. The lowest BCUT2D eigenvalue weighted by Crippen LogP contribution is -2.38. The van der Waals surface area contributed by atoms with Crippen molar-refractivity contribution in [2.75, 3.05) is 12.0 Å². The van der Waals surface area contributed by atoms with Crippen LogP contribution in [0.1, 0.15) is 30.0 Å². The molecule has 1 aromatic heterocycles. The van der Waals surface area contributed by atoms with Gasteiger partial charge in [0.25, 0.3) is 0 Å². The fourth-order valence-electron chi connectivity index (χ4n) is 3.75. The van der Waals surface area contributed by atoms with E-state index in [0.717, 1.165) is 36.1 Å². The Kier molecular flexibility index (Phi) is 2.84. The molecule has 2 atom stereocenters. The number of pyridine rings is 1. The van der Waals surface area contributed by atoms with Gasteiger partial charge in [-0.3, -0.25) is 4.98 Å². The van der Waals surface area contributed by atoms with Crippen molar-refractivity contribution in [1.82, 2.24) is 4.98 Å². The Balaban J connectivity index is 1.75. The second kappa shape index (κ2) is 4.72. The number of rotatable bonds is 2. The molecule has 3 nitrogen and oxygen atoms in total. The summed E-state index contributed by atoms with van der Waals surface area (Å²) < 4.78 is 19.2. The Bertz CT molecular complexity index is 671. The van der Waals surface area contributed by atoms with Crippen LogP contribution < -0.4 is 9.64 Å². The van der Waals surface area contributed by atoms with E-state index in [0.29, 0.717) is 6.04 Å². The van der Waals surface area contributed by atoms with Crippen molar-refractivity contribution in [3.8, 4) is 5.75 Å². The molecule has 0 aliphatic carbocycles. The Morgan fingerprint density at radius 2 is 2.00 bits per heavy atom. The van der Waals surface area contributed by atoms with Gasteiger partial charge in [-0.1, -0.05) is 0 Å². The summed E-state index contributed by atoms with van der Waals surface area (Å²) in [7, 11) is 1.67. The molecule has 3 heterocycles. The number of methoxy groups -OCH3 is 1. The third-order valence-corrected chi connectivity index (χ3v) is 4.71. The van der Waals surface area contributed by atoms with E-state index in [-0.39, 0.29) is 11.9 Å². The maximum atomic E-state index is 14.0. The topological polar surface area (TPSA) is 25.4 Å². The molecule has 1 fully saturated rings. The number of nitrogens with zero attached hydrogens (tertiary/aromatic N) is 2. The predicted octanol–water partition coefficient (Wildman–Crippen LogP) is 3.50. The van der Waals surface area contributed by atoms with Crippen LogP contribution in [0.4, 0.5) is 10.1 Å². The summed E-state index contributed by atoms with van der Waals surface area (Å²) in [5.41, 5.74) is 3.10. The zero-order valence-corrected chi connectivity index (χ0v) is 11.9. The van der Waals surface area contributed by atoms with Gasteiger partial charge in [0.05, 0.1) is 19.3 Å². The highest BCUT2D eigenvalue weighted by molar-refractivity contribution is 5.56. The number of ether oxygens (including phenoxy) is 1. The summed E-state index contributed by atoms with van der Waals surface area (Å²) in [5, 5.41) is 0. The first kappa shape index (κ1) is 12.6. The van der Waals surface area contributed by atoms with Gasteiger partial charge in [-0.25, -0.2) is 4.39 Å². The fourth-order valence-corrected chi connectivity index (χ4v) is 3.75. The summed E-state index contributed by atoms with van der Waals surface area (Å²) in [6.45, 7) is 0. The van der Waals surface area contributed by atoms with E-state index < -0.39 is 0 Å². The van der Waals surface area contributed by atoms with Crippen molar-refractivity contribution < 1.29 is 9.13 Å². The lowest BCUT2D eigenvalue weighted by atomic mass is 9.94. The van der Waals surface area contributed by atoms with E-state index in [1.54, 1.807) is 7.11 Å². The Morgan fingerprint density at radius 1 is 1.19 bits per heavy atom. The molecule has 2 aromatic rings. The van der Waals surface area contributed by atoms with Crippen LogP contribution in [0.5, 0.6) is 5.75 Å². The molecular weight excluding hydrogens is 267 g/mol. The summed E-state index contributed by atoms with van der Waals surface area (Å²) in [6.07, 6.45) is 6.11. The lowest BCUT2D eigenvalue weighted by Gasteiger charge is -2.38. The van der Waals surface area contributed by atoms with Crippen LogP contribution in [0.3, 0.4) is 0 Å². The van der Waals surface area contributed by atoms with Crippen LogP contribution in [-0.4, -0.2) is 18.1 Å². The number of fused-ring (bicyclic) bond motifs is 4. The third kappa shape index (κ3) is 1.89. The van der Waals surface area contributed by atoms with Gasteiger partial charge < -0.3 is 9.64 Å². The minimum atomic E-state index is -0.154. The molecular formula is C17H17FN2O. The van der Waals surface area contributed by atoms with Gasteiger partial charge in [-0.05, 0) is 54.7 Å². The number of anilines is 1. The number of benzene rings is 1. The van der Waals surface area contributed by atoms with Gasteiger partial charge >= 0.3 is 0 Å². The molecule has 2 aliphatic heterocycles. The Hall–Kier alpha value is -2.10. The molecule has 2 bridgehead atoms. The number of hydrogen-bond donors (Lipinski definition) is 0. The highest BCUT2D eigenvalue weighted by Gasteiger charge is 2.41. The van der Waals surface area contributed by atoms with E-state index >= 15 is 0 Å². The number of aromatic nitrogens is 1. The highest BCUT2D eigenvalue weighted by Crippen LogP contribution is 2.46. The molecule has 0 amide bonds. The first-order valence-electron chi connectivity index (χ1n) is 7.32. The van der Waals surface area contributed by atoms with Crippen LogP contribution in [-0.2, 0) is 6.42 Å². The molecule has 21 heavy (non-hydrogen) atoms. The molecule has 4 heteroatoms. The van der Waals surface area contributed by atoms with E-state index in [2.05, 4.69) is 22.0 Å². The molecule has 1 saturated heterocycles. The Labute approximate surface area is 123 Å². The van der Waals surface area contributed by atoms with Gasteiger partial charge in [0.15, 0.2) is 0 Å². The van der Waals surface area contributed by atoms with Crippen molar-refractivity contribution in [2.45, 2.75) is 31.3 Å². The second-order valence-electron chi connectivity index (χ2n) is 5.75. The summed E-state index contributed by atoms with van der Waals surface area (Å²) in [5.74, 6) is 0.704. The summed E-state index contributed by atoms with van der Waals surface area (Å²) in [4.78, 5) is 6.47. The average molecular weight is 284 g/mol. The van der Waals surface area contributed by atoms with Crippen LogP contribution in [0.2, 0.25) is 0 Å². The predicted molar refractivity (Wildman–Crippen MR) is 79.1 cm³/mol. The number of halogens is 1. The zero-order valence-electron chi connectivity index (χ0n) is 11.9. The van der Waals surface area contributed by atoms with Crippen LogP contribution in [0.25, 0.3) is 0 Å². The minimum Gasteiger partial charge on any atom is -0.497 e. The van der Waals surface area contributed by atoms with Crippen molar-refractivity contribution in [3.63, 3.8) is 0 Å². The minimum absolute atomic E-state index is 0.154. The van der Waals surface area contributed by atoms with Gasteiger partial charge in [-0.15, -0.1) is 0 Å². The Morgan fingerprint density at radius 3 is 2.76 bits per heavy atom. The molecule has 108 valence electrons. The summed E-state index contributed by atoms with van der Waals surface area (Å²) >= 11 is 0. The van der Waals surface area contributed by atoms with Gasteiger partial charge in [0.1, 0.15) is 11.6 Å². The lowest BCUT2D eigenvalue weighted by molar-refractivity contribution is 0.414. The van der Waals surface area contributed by atoms with E-state index in [1.807, 2.05) is 18.3 Å². The second-order valence-corrected chi connectivity index (χ2v) is 5.75. The first-order valence-corrected chi connectivity index (χ1v) is 7.32. The van der Waals surface area contributed by atoms with Crippen molar-refractivity contribution in [3.05, 3.63) is 53.6 Å². The van der Waals surface area contributed by atoms with Gasteiger partial charge in [-0.2, -0.15) is 0 Å². The van der Waals surface area contributed by atoms with Crippen molar-refractivity contribution in [2.24, 2.45) is 0 Å². The summed E-state index contributed by atoms with van der Waals surface area (Å²) in [6, 6.07) is 8.76. The van der Waals surface area contributed by atoms with E-state index in [4.69, 9.17) is 4.74 Å². The van der Waals surface area contributed by atoms with E-state index in [1.165, 1.54) is 11.9 Å². The largest absolute Gasteiger partial charge is 0.497 e. The normalized spacial score (nSPS) is 23.0. The van der Waals surface area contributed by atoms with Crippen LogP contribution in [0.15, 0.2) is 36.7 Å². The quantitative estimate of drug-likeness (QED) is 0.844. The molecule has 2 aliphatic rings. The molecule has 0 N–H and O–H groups in total. The molecule has 0 spiro atoms. The maximum absolute atomic E-state index is 14.0. The third-order valence-electron chi connectivity index (χ3n) is 4.71. The van der Waals surface area contributed by atoms with Crippen molar-refractivity contribution >= 4 is 5.69 Å². The highest BCUT2D eigenvalue weighted by atomic mass is 19.1. The van der Waals surface area contributed by atoms with Gasteiger partial charge in [0.2, 0.25) is 0 Å². The molecule has 0 saturated carbocycles. The van der Waals surface area contributed by atoms with Crippen molar-refractivity contribution in [1.29, 1.82) is 0 Å². The zero-order chi connectivity index (χ0) is 14.4. The smallest absolute Gasteiger partial charge is 0.145 e. The monoisotopic (exact) mass is 284 g/mol. The molecule has 0 radical (unpaired) electrons. The van der Waals surface area contributed by atoms with Crippen LogP contribution >= 0.6 is 0 Å².